The van der Waals surface area contributed by atoms with Crippen molar-refractivity contribution >= 4 is 39.5 Å². The number of rotatable bonds is 64. The summed E-state index contributed by atoms with van der Waals surface area (Å²) in [7, 11) is -9.90. The Bertz CT molecular complexity index is 1720. The van der Waals surface area contributed by atoms with Gasteiger partial charge in [0.1, 0.15) is 19.3 Å². The highest BCUT2D eigenvalue weighted by Crippen LogP contribution is 2.45. The molecule has 5 unspecified atom stereocenters. The third kappa shape index (κ3) is 58.4. The highest BCUT2D eigenvalue weighted by atomic mass is 31.2. The molecule has 0 amide bonds. The SMILES string of the molecule is CCC(C)CCCCCCCCCCC(=O)OC[C@H](COP(=O)(O)OCC(O)COP(=O)(O)OC[C@@H](COC(=O)CCCCCCCCCCC(C)C)OC(=O)CCCCCCCCCCC(C)CC)OC(=O)CCCCCCCCCCC(C)C. The van der Waals surface area contributed by atoms with Crippen molar-refractivity contribution in [3.63, 3.8) is 0 Å². The summed E-state index contributed by atoms with van der Waals surface area (Å²) < 4.78 is 68.1. The largest absolute Gasteiger partial charge is 0.472 e. The monoisotopic (exact) mass is 1270 g/mol. The molecule has 0 bridgehead atoms. The molecular weight excluding hydrogens is 1140 g/mol. The van der Waals surface area contributed by atoms with Crippen LogP contribution >= 0.6 is 15.6 Å². The lowest BCUT2D eigenvalue weighted by Gasteiger charge is -2.21. The molecule has 0 saturated heterocycles. The minimum atomic E-state index is -4.95. The van der Waals surface area contributed by atoms with Crippen molar-refractivity contribution in [3.8, 4) is 0 Å². The standard InChI is InChI=1S/C67H130O17P2/c1-9-59(7)45-37-29-21-13-17-24-32-40-48-65(70)78-54-62(83-66(71)49-41-33-25-16-12-20-28-36-44-58(5)6)55-81-85(73,74)79-51-61(68)52-80-86(75,76)82-56-63(53-77-64(69)47-39-31-23-15-11-19-27-35-43-57(3)4)84-67(72)50-42-34-26-18-14-22-30-38-46-60(8)10-2/h57-63,68H,9-56H2,1-8H3,(H,73,74)(H,75,76)/t59?,60?,61?,62-,63-/m1/s1. The van der Waals surface area contributed by atoms with Gasteiger partial charge in [-0.1, -0.05) is 274 Å². The van der Waals surface area contributed by atoms with Crippen molar-refractivity contribution in [1.82, 2.24) is 0 Å². The summed E-state index contributed by atoms with van der Waals surface area (Å²) in [6, 6.07) is 0. The number of aliphatic hydroxyl groups excluding tert-OH is 1. The van der Waals surface area contributed by atoms with E-state index < -0.39 is 97.5 Å². The second-order valence-electron chi connectivity index (χ2n) is 25.6. The molecular formula is C67H130O17P2. The van der Waals surface area contributed by atoms with Crippen molar-refractivity contribution in [3.05, 3.63) is 0 Å². The van der Waals surface area contributed by atoms with Gasteiger partial charge in [0.25, 0.3) is 0 Å². The quantitative estimate of drug-likeness (QED) is 0.0222. The first-order chi connectivity index (χ1) is 41.2. The van der Waals surface area contributed by atoms with Crippen LogP contribution < -0.4 is 0 Å². The number of hydrogen-bond donors (Lipinski definition) is 3. The van der Waals surface area contributed by atoms with Crippen LogP contribution in [0.15, 0.2) is 0 Å². The van der Waals surface area contributed by atoms with Crippen LogP contribution in [-0.4, -0.2) is 96.7 Å². The number of carbonyl (C=O) groups excluding carboxylic acids is 4. The van der Waals surface area contributed by atoms with Crippen LogP contribution in [-0.2, 0) is 65.4 Å². The van der Waals surface area contributed by atoms with E-state index in [0.29, 0.717) is 25.7 Å². The van der Waals surface area contributed by atoms with Gasteiger partial charge in [0.15, 0.2) is 12.2 Å². The Morgan fingerprint density at radius 1 is 0.326 bits per heavy atom. The molecule has 0 fully saturated rings. The first-order valence-electron chi connectivity index (χ1n) is 34.8. The van der Waals surface area contributed by atoms with E-state index in [1.807, 2.05) is 0 Å². The van der Waals surface area contributed by atoms with Gasteiger partial charge in [0.2, 0.25) is 0 Å². The molecule has 0 aromatic heterocycles. The van der Waals surface area contributed by atoms with Crippen molar-refractivity contribution in [2.24, 2.45) is 23.7 Å². The molecule has 86 heavy (non-hydrogen) atoms. The van der Waals surface area contributed by atoms with E-state index in [1.165, 1.54) is 128 Å². The Morgan fingerprint density at radius 3 is 0.826 bits per heavy atom. The highest BCUT2D eigenvalue weighted by Gasteiger charge is 2.30. The number of ether oxygens (including phenoxy) is 4. The zero-order chi connectivity index (χ0) is 63.9. The Morgan fingerprint density at radius 2 is 0.558 bits per heavy atom. The number of unbranched alkanes of at least 4 members (excludes halogenated alkanes) is 28. The molecule has 17 nitrogen and oxygen atoms in total. The number of esters is 4. The van der Waals surface area contributed by atoms with Crippen LogP contribution in [0.1, 0.15) is 325 Å². The van der Waals surface area contributed by atoms with Gasteiger partial charge in [-0.15, -0.1) is 0 Å². The van der Waals surface area contributed by atoms with Crippen molar-refractivity contribution in [1.29, 1.82) is 0 Å². The first-order valence-corrected chi connectivity index (χ1v) is 37.8. The van der Waals surface area contributed by atoms with Gasteiger partial charge in [-0.3, -0.25) is 37.3 Å². The average Bonchev–Trinajstić information content (AvgIpc) is 3.66. The summed E-state index contributed by atoms with van der Waals surface area (Å²) in [6.07, 6.45) is 37.5. The summed E-state index contributed by atoms with van der Waals surface area (Å²) in [5.41, 5.74) is 0. The van der Waals surface area contributed by atoms with Crippen LogP contribution in [0.2, 0.25) is 0 Å². The summed E-state index contributed by atoms with van der Waals surface area (Å²) in [6.45, 7) is 14.0. The fourth-order valence-corrected chi connectivity index (χ4v) is 11.5. The molecule has 0 rings (SSSR count). The second kappa shape index (κ2) is 57.0. The predicted molar refractivity (Wildman–Crippen MR) is 344 cm³/mol. The van der Waals surface area contributed by atoms with E-state index in [1.54, 1.807) is 0 Å². The third-order valence-electron chi connectivity index (χ3n) is 16.0. The van der Waals surface area contributed by atoms with E-state index >= 15 is 0 Å². The average molecular weight is 1270 g/mol. The summed E-state index contributed by atoms with van der Waals surface area (Å²) in [5, 5.41) is 10.6. The van der Waals surface area contributed by atoms with E-state index in [0.717, 1.165) is 114 Å². The van der Waals surface area contributed by atoms with Gasteiger partial charge in [0.05, 0.1) is 26.4 Å². The molecule has 0 aromatic rings. The molecule has 0 saturated carbocycles. The lowest BCUT2D eigenvalue weighted by Crippen LogP contribution is -2.30. The first kappa shape index (κ1) is 84.1. The normalized spacial score (nSPS) is 15.0. The second-order valence-corrected chi connectivity index (χ2v) is 28.6. The fourth-order valence-electron chi connectivity index (χ4n) is 9.89. The van der Waals surface area contributed by atoms with Crippen molar-refractivity contribution in [2.45, 2.75) is 343 Å². The van der Waals surface area contributed by atoms with E-state index in [2.05, 4.69) is 55.4 Å². The number of phosphoric acid groups is 2. The third-order valence-corrected chi connectivity index (χ3v) is 17.9. The van der Waals surface area contributed by atoms with Gasteiger partial charge in [-0.2, -0.15) is 0 Å². The van der Waals surface area contributed by atoms with E-state index in [-0.39, 0.29) is 25.7 Å². The van der Waals surface area contributed by atoms with Crippen LogP contribution in [0.25, 0.3) is 0 Å². The van der Waals surface area contributed by atoms with E-state index in [9.17, 15) is 43.2 Å². The molecule has 0 aliphatic rings. The maximum atomic E-state index is 13.0. The minimum absolute atomic E-state index is 0.103. The number of carbonyl (C=O) groups is 4. The van der Waals surface area contributed by atoms with Crippen LogP contribution in [0, 0.1) is 23.7 Å². The molecule has 0 aliphatic heterocycles. The smallest absolute Gasteiger partial charge is 0.462 e. The maximum absolute atomic E-state index is 13.0. The Hall–Kier alpha value is -1.94. The molecule has 3 N–H and O–H groups in total. The van der Waals surface area contributed by atoms with Gasteiger partial charge in [-0.25, -0.2) is 9.13 Å². The molecule has 19 heteroatoms. The summed E-state index contributed by atoms with van der Waals surface area (Å²) >= 11 is 0. The topological polar surface area (TPSA) is 237 Å². The summed E-state index contributed by atoms with van der Waals surface area (Å²) in [4.78, 5) is 72.4. The molecule has 0 heterocycles. The Labute approximate surface area is 524 Å². The van der Waals surface area contributed by atoms with Crippen molar-refractivity contribution < 1.29 is 80.2 Å². The Balaban J connectivity index is 5.27. The molecule has 7 atom stereocenters. The lowest BCUT2D eigenvalue weighted by molar-refractivity contribution is -0.161. The molecule has 0 aromatic carbocycles. The van der Waals surface area contributed by atoms with Gasteiger partial charge in [-0.05, 0) is 49.4 Å². The molecule has 0 aliphatic carbocycles. The minimum Gasteiger partial charge on any atom is -0.462 e. The maximum Gasteiger partial charge on any atom is 0.472 e. The number of aliphatic hydroxyl groups is 1. The lowest BCUT2D eigenvalue weighted by atomic mass is 9.99. The van der Waals surface area contributed by atoms with E-state index in [4.69, 9.17) is 37.0 Å². The zero-order valence-corrected chi connectivity index (χ0v) is 57.7. The highest BCUT2D eigenvalue weighted by molar-refractivity contribution is 7.47. The number of hydrogen-bond acceptors (Lipinski definition) is 15. The van der Waals surface area contributed by atoms with Crippen molar-refractivity contribution in [2.75, 3.05) is 39.6 Å². The molecule has 0 radical (unpaired) electrons. The molecule has 510 valence electrons. The van der Waals surface area contributed by atoms with Crippen LogP contribution in [0.3, 0.4) is 0 Å². The van der Waals surface area contributed by atoms with Gasteiger partial charge >= 0.3 is 39.5 Å². The number of phosphoric ester groups is 2. The fraction of sp³-hybridized carbons (Fsp3) is 0.940. The summed E-state index contributed by atoms with van der Waals surface area (Å²) in [5.74, 6) is 0.855. The zero-order valence-electron chi connectivity index (χ0n) is 55.9. The van der Waals surface area contributed by atoms with Gasteiger partial charge in [0, 0.05) is 25.7 Å². The predicted octanol–water partition coefficient (Wildman–Crippen LogP) is 18.5. The Kier molecular flexibility index (Phi) is 55.7. The van der Waals surface area contributed by atoms with Crippen LogP contribution in [0.4, 0.5) is 0 Å². The van der Waals surface area contributed by atoms with Gasteiger partial charge < -0.3 is 33.8 Å². The van der Waals surface area contributed by atoms with Crippen LogP contribution in [0.5, 0.6) is 0 Å². The molecule has 0 spiro atoms.